The van der Waals surface area contributed by atoms with Gasteiger partial charge in [-0.15, -0.1) is 0 Å². The number of benzene rings is 1. The van der Waals surface area contributed by atoms with E-state index in [-0.39, 0.29) is 23.8 Å². The molecule has 124 valence electrons. The topological polar surface area (TPSA) is 66.6 Å². The van der Waals surface area contributed by atoms with Gasteiger partial charge in [-0.1, -0.05) is 17.7 Å². The molecule has 2 saturated heterocycles. The average molecular weight is 315 g/mol. The van der Waals surface area contributed by atoms with Gasteiger partial charge >= 0.3 is 0 Å². The summed E-state index contributed by atoms with van der Waals surface area (Å²) in [4.78, 5) is 28.7. The van der Waals surface area contributed by atoms with E-state index in [0.717, 1.165) is 23.2 Å². The molecule has 0 spiro atoms. The third kappa shape index (κ3) is 2.98. The first-order valence-corrected chi connectivity index (χ1v) is 8.29. The summed E-state index contributed by atoms with van der Waals surface area (Å²) in [6, 6.07) is 4.25. The number of nitrogens with two attached hydrogens (primary N) is 1. The molecule has 2 N–H and O–H groups in total. The summed E-state index contributed by atoms with van der Waals surface area (Å²) in [5.41, 5.74) is 10.2. The van der Waals surface area contributed by atoms with Crippen LogP contribution in [0.3, 0.4) is 0 Å². The molecule has 0 radical (unpaired) electrons. The fourth-order valence-corrected chi connectivity index (χ4v) is 3.93. The maximum Gasteiger partial charge on any atom is 0.228 e. The first kappa shape index (κ1) is 16.0. The van der Waals surface area contributed by atoms with Crippen LogP contribution in [0.1, 0.15) is 29.5 Å². The SMILES string of the molecule is Cc1cc(C)c(N2CC(C(=O)N3CC[C@@H](N)C3)CC2=O)c(C)c1. The van der Waals surface area contributed by atoms with Crippen LogP contribution in [0.15, 0.2) is 12.1 Å². The largest absolute Gasteiger partial charge is 0.341 e. The van der Waals surface area contributed by atoms with Gasteiger partial charge in [0.1, 0.15) is 0 Å². The molecule has 1 aromatic carbocycles. The molecule has 2 fully saturated rings. The molecule has 2 atom stereocenters. The molecule has 3 rings (SSSR count). The van der Waals surface area contributed by atoms with E-state index in [4.69, 9.17) is 5.73 Å². The number of rotatable bonds is 2. The number of likely N-dealkylation sites (tertiary alicyclic amines) is 1. The number of anilines is 1. The maximum absolute atomic E-state index is 12.6. The summed E-state index contributed by atoms with van der Waals surface area (Å²) in [6.45, 7) is 7.92. The van der Waals surface area contributed by atoms with Crippen LogP contribution in [-0.4, -0.2) is 42.4 Å². The molecule has 2 amide bonds. The number of hydrogen-bond donors (Lipinski definition) is 1. The van der Waals surface area contributed by atoms with Crippen molar-refractivity contribution in [2.24, 2.45) is 11.7 Å². The minimum Gasteiger partial charge on any atom is -0.341 e. The monoisotopic (exact) mass is 315 g/mol. The highest BCUT2D eigenvalue weighted by molar-refractivity contribution is 6.01. The standard InChI is InChI=1S/C18H25N3O2/c1-11-6-12(2)17(13(3)7-11)21-9-14(8-16(21)22)18(23)20-5-4-15(19)10-20/h6-7,14-15H,4-5,8-10,19H2,1-3H3/t14?,15-/m1/s1. The summed E-state index contributed by atoms with van der Waals surface area (Å²) in [5.74, 6) is -0.119. The second kappa shape index (κ2) is 5.96. The Morgan fingerprint density at radius 3 is 2.39 bits per heavy atom. The van der Waals surface area contributed by atoms with E-state index in [0.29, 0.717) is 26.1 Å². The van der Waals surface area contributed by atoms with Crippen molar-refractivity contribution in [1.82, 2.24) is 4.90 Å². The molecular weight excluding hydrogens is 290 g/mol. The zero-order valence-corrected chi connectivity index (χ0v) is 14.1. The highest BCUT2D eigenvalue weighted by Gasteiger charge is 2.39. The lowest BCUT2D eigenvalue weighted by Gasteiger charge is -2.23. The summed E-state index contributed by atoms with van der Waals surface area (Å²) in [7, 11) is 0. The van der Waals surface area contributed by atoms with Crippen LogP contribution in [0.5, 0.6) is 0 Å². The average Bonchev–Trinajstić information content (AvgIpc) is 3.04. The Kier molecular flexibility index (Phi) is 4.15. The van der Waals surface area contributed by atoms with Crippen molar-refractivity contribution < 1.29 is 9.59 Å². The van der Waals surface area contributed by atoms with Crippen LogP contribution in [0.2, 0.25) is 0 Å². The van der Waals surface area contributed by atoms with E-state index in [2.05, 4.69) is 19.1 Å². The molecule has 5 nitrogen and oxygen atoms in total. The number of nitrogens with zero attached hydrogens (tertiary/aromatic N) is 2. The van der Waals surface area contributed by atoms with E-state index >= 15 is 0 Å². The second-order valence-electron chi connectivity index (χ2n) is 6.99. The number of amides is 2. The number of hydrogen-bond acceptors (Lipinski definition) is 3. The molecule has 0 aliphatic carbocycles. The Labute approximate surface area is 137 Å². The number of carbonyl (C=O) groups excluding carboxylic acids is 2. The highest BCUT2D eigenvalue weighted by Crippen LogP contribution is 2.32. The molecule has 0 saturated carbocycles. The van der Waals surface area contributed by atoms with Gasteiger partial charge in [0.2, 0.25) is 11.8 Å². The summed E-state index contributed by atoms with van der Waals surface area (Å²) in [6.07, 6.45) is 1.16. The quantitative estimate of drug-likeness (QED) is 0.900. The van der Waals surface area contributed by atoms with E-state index < -0.39 is 0 Å². The summed E-state index contributed by atoms with van der Waals surface area (Å²) in [5, 5.41) is 0. The van der Waals surface area contributed by atoms with Gasteiger partial charge in [0, 0.05) is 37.8 Å². The van der Waals surface area contributed by atoms with Crippen LogP contribution < -0.4 is 10.6 Å². The van der Waals surface area contributed by atoms with Gasteiger partial charge in [-0.25, -0.2) is 0 Å². The first-order valence-electron chi connectivity index (χ1n) is 8.29. The fraction of sp³-hybridized carbons (Fsp3) is 0.556. The zero-order valence-electron chi connectivity index (χ0n) is 14.1. The predicted octanol–water partition coefficient (Wildman–Crippen LogP) is 1.52. The first-order chi connectivity index (χ1) is 10.9. The maximum atomic E-state index is 12.6. The molecule has 23 heavy (non-hydrogen) atoms. The van der Waals surface area contributed by atoms with Gasteiger partial charge < -0.3 is 15.5 Å². The Hall–Kier alpha value is -1.88. The van der Waals surface area contributed by atoms with Crippen molar-refractivity contribution in [3.05, 3.63) is 28.8 Å². The smallest absolute Gasteiger partial charge is 0.228 e. The van der Waals surface area contributed by atoms with Crippen molar-refractivity contribution in [3.63, 3.8) is 0 Å². The predicted molar refractivity (Wildman–Crippen MR) is 90.3 cm³/mol. The van der Waals surface area contributed by atoms with Gasteiger partial charge in [-0.3, -0.25) is 9.59 Å². The van der Waals surface area contributed by atoms with Crippen LogP contribution in [0, 0.1) is 26.7 Å². The zero-order chi connectivity index (χ0) is 16.7. The van der Waals surface area contributed by atoms with Crippen molar-refractivity contribution >= 4 is 17.5 Å². The van der Waals surface area contributed by atoms with Crippen LogP contribution in [0.25, 0.3) is 0 Å². The summed E-state index contributed by atoms with van der Waals surface area (Å²) >= 11 is 0. The van der Waals surface area contributed by atoms with Crippen molar-refractivity contribution in [2.45, 2.75) is 39.7 Å². The molecule has 1 aromatic rings. The van der Waals surface area contributed by atoms with Gasteiger partial charge in [0.15, 0.2) is 0 Å². The minimum absolute atomic E-state index is 0.0434. The normalized spacial score (nSPS) is 24.6. The number of carbonyl (C=O) groups is 2. The Morgan fingerprint density at radius 2 is 1.83 bits per heavy atom. The molecule has 2 heterocycles. The lowest BCUT2D eigenvalue weighted by atomic mass is 10.0. The fourth-order valence-electron chi connectivity index (χ4n) is 3.93. The molecule has 2 aliphatic rings. The Bertz CT molecular complexity index is 633. The van der Waals surface area contributed by atoms with E-state index in [1.54, 1.807) is 4.90 Å². The number of aryl methyl sites for hydroxylation is 3. The second-order valence-corrected chi connectivity index (χ2v) is 6.99. The van der Waals surface area contributed by atoms with Gasteiger partial charge in [-0.05, 0) is 38.3 Å². The van der Waals surface area contributed by atoms with Gasteiger partial charge in [0.05, 0.1) is 5.92 Å². The molecular formula is C18H25N3O2. The third-order valence-corrected chi connectivity index (χ3v) is 4.92. The van der Waals surface area contributed by atoms with Crippen molar-refractivity contribution in [3.8, 4) is 0 Å². The summed E-state index contributed by atoms with van der Waals surface area (Å²) < 4.78 is 0. The molecule has 0 bridgehead atoms. The lowest BCUT2D eigenvalue weighted by molar-refractivity contribution is -0.134. The van der Waals surface area contributed by atoms with Crippen LogP contribution in [0.4, 0.5) is 5.69 Å². The molecule has 1 unspecified atom stereocenters. The highest BCUT2D eigenvalue weighted by atomic mass is 16.2. The molecule has 5 heteroatoms. The Balaban J connectivity index is 1.79. The van der Waals surface area contributed by atoms with E-state index in [1.807, 2.05) is 18.7 Å². The molecule has 0 aromatic heterocycles. The Morgan fingerprint density at radius 1 is 1.17 bits per heavy atom. The van der Waals surface area contributed by atoms with E-state index in [9.17, 15) is 9.59 Å². The van der Waals surface area contributed by atoms with Crippen LogP contribution in [-0.2, 0) is 9.59 Å². The van der Waals surface area contributed by atoms with Crippen molar-refractivity contribution in [2.75, 3.05) is 24.5 Å². The van der Waals surface area contributed by atoms with Crippen LogP contribution >= 0.6 is 0 Å². The third-order valence-electron chi connectivity index (χ3n) is 4.92. The minimum atomic E-state index is -0.243. The van der Waals surface area contributed by atoms with E-state index in [1.165, 1.54) is 5.56 Å². The molecule has 2 aliphatic heterocycles. The van der Waals surface area contributed by atoms with Crippen molar-refractivity contribution in [1.29, 1.82) is 0 Å². The van der Waals surface area contributed by atoms with Gasteiger partial charge in [-0.2, -0.15) is 0 Å². The lowest BCUT2D eigenvalue weighted by Crippen LogP contribution is -2.37. The van der Waals surface area contributed by atoms with Gasteiger partial charge in [0.25, 0.3) is 0 Å².